The molecule has 0 spiro atoms. The van der Waals surface area contributed by atoms with Gasteiger partial charge in [-0.3, -0.25) is 4.79 Å². The molecule has 0 radical (unpaired) electrons. The summed E-state index contributed by atoms with van der Waals surface area (Å²) in [6.07, 6.45) is 1.90. The number of amides is 1. The van der Waals surface area contributed by atoms with E-state index in [1.165, 1.54) is 0 Å². The fourth-order valence-electron chi connectivity index (χ4n) is 2.05. The minimum Gasteiger partial charge on any atom is -0.494 e. The van der Waals surface area contributed by atoms with Crippen molar-refractivity contribution in [1.29, 1.82) is 0 Å². The second-order valence-corrected chi connectivity index (χ2v) is 5.41. The van der Waals surface area contributed by atoms with Gasteiger partial charge in [0.05, 0.1) is 12.0 Å². The van der Waals surface area contributed by atoms with Crippen molar-refractivity contribution in [2.24, 2.45) is 0 Å². The van der Waals surface area contributed by atoms with Crippen molar-refractivity contribution in [3.05, 3.63) is 23.8 Å². The van der Waals surface area contributed by atoms with Gasteiger partial charge in [-0.15, -0.1) is 11.6 Å². The molecule has 0 fully saturated rings. The predicted octanol–water partition coefficient (Wildman–Crippen LogP) is 3.31. The first kappa shape index (κ1) is 13.2. The van der Waals surface area contributed by atoms with E-state index in [4.69, 9.17) is 16.3 Å². The number of rotatable bonds is 5. The SMILES string of the molecule is CC1(C)C(=O)Nc2cc(OCCCCCl)ccc21. The summed E-state index contributed by atoms with van der Waals surface area (Å²) < 4.78 is 5.63. The number of fused-ring (bicyclic) bond motifs is 1. The highest BCUT2D eigenvalue weighted by Crippen LogP contribution is 2.39. The molecule has 1 aliphatic heterocycles. The van der Waals surface area contributed by atoms with Crippen LogP contribution in [0.1, 0.15) is 32.3 Å². The molecule has 0 unspecified atom stereocenters. The van der Waals surface area contributed by atoms with Crippen LogP contribution in [0, 0.1) is 0 Å². The maximum Gasteiger partial charge on any atom is 0.234 e. The first-order valence-corrected chi connectivity index (χ1v) is 6.74. The van der Waals surface area contributed by atoms with Gasteiger partial charge in [0, 0.05) is 17.6 Å². The Kier molecular flexibility index (Phi) is 3.81. The van der Waals surface area contributed by atoms with Crippen molar-refractivity contribution < 1.29 is 9.53 Å². The normalized spacial score (nSPS) is 16.3. The van der Waals surface area contributed by atoms with Gasteiger partial charge in [-0.25, -0.2) is 0 Å². The van der Waals surface area contributed by atoms with E-state index in [9.17, 15) is 4.79 Å². The molecule has 1 heterocycles. The molecule has 98 valence electrons. The molecule has 0 saturated carbocycles. The summed E-state index contributed by atoms with van der Waals surface area (Å²) in [5.74, 6) is 1.50. The molecule has 1 aliphatic rings. The molecular weight excluding hydrogens is 250 g/mol. The Bertz CT molecular complexity index is 457. The van der Waals surface area contributed by atoms with Gasteiger partial charge in [0.2, 0.25) is 5.91 Å². The molecule has 18 heavy (non-hydrogen) atoms. The number of ether oxygens (including phenoxy) is 1. The van der Waals surface area contributed by atoms with E-state index in [1.54, 1.807) is 0 Å². The monoisotopic (exact) mass is 267 g/mol. The Labute approximate surface area is 112 Å². The second kappa shape index (κ2) is 5.19. The number of unbranched alkanes of at least 4 members (excludes halogenated alkanes) is 1. The zero-order chi connectivity index (χ0) is 13.2. The molecule has 0 aromatic heterocycles. The van der Waals surface area contributed by atoms with Gasteiger partial charge < -0.3 is 10.1 Å². The zero-order valence-corrected chi connectivity index (χ0v) is 11.5. The lowest BCUT2D eigenvalue weighted by molar-refractivity contribution is -0.119. The molecule has 1 aromatic carbocycles. The summed E-state index contributed by atoms with van der Waals surface area (Å²) in [6, 6.07) is 5.77. The van der Waals surface area contributed by atoms with Gasteiger partial charge in [-0.05, 0) is 38.3 Å². The Balaban J connectivity index is 2.06. The number of anilines is 1. The summed E-state index contributed by atoms with van der Waals surface area (Å²) in [5.41, 5.74) is 1.44. The van der Waals surface area contributed by atoms with Crippen molar-refractivity contribution in [3.63, 3.8) is 0 Å². The topological polar surface area (TPSA) is 38.3 Å². The third kappa shape index (κ3) is 2.46. The Morgan fingerprint density at radius 3 is 2.83 bits per heavy atom. The number of carbonyl (C=O) groups is 1. The average Bonchev–Trinajstić information content (AvgIpc) is 2.56. The third-order valence-corrected chi connectivity index (χ3v) is 3.54. The lowest BCUT2D eigenvalue weighted by Crippen LogP contribution is -2.26. The Hall–Kier alpha value is -1.22. The number of benzene rings is 1. The second-order valence-electron chi connectivity index (χ2n) is 5.03. The van der Waals surface area contributed by atoms with Crippen molar-refractivity contribution in [2.45, 2.75) is 32.1 Å². The molecule has 2 rings (SSSR count). The number of hydrogen-bond donors (Lipinski definition) is 1. The maximum atomic E-state index is 11.8. The van der Waals surface area contributed by atoms with E-state index in [2.05, 4.69) is 5.32 Å². The van der Waals surface area contributed by atoms with Gasteiger partial charge in [-0.2, -0.15) is 0 Å². The number of carbonyl (C=O) groups excluding carboxylic acids is 1. The van der Waals surface area contributed by atoms with Crippen LogP contribution in [0.5, 0.6) is 5.75 Å². The van der Waals surface area contributed by atoms with Crippen LogP contribution in [-0.2, 0) is 10.2 Å². The lowest BCUT2D eigenvalue weighted by Gasteiger charge is -2.15. The zero-order valence-electron chi connectivity index (χ0n) is 10.8. The van der Waals surface area contributed by atoms with Crippen molar-refractivity contribution in [2.75, 3.05) is 17.8 Å². The largest absolute Gasteiger partial charge is 0.494 e. The van der Waals surface area contributed by atoms with Gasteiger partial charge in [-0.1, -0.05) is 6.07 Å². The predicted molar refractivity (Wildman–Crippen MR) is 73.5 cm³/mol. The van der Waals surface area contributed by atoms with Gasteiger partial charge in [0.25, 0.3) is 0 Å². The standard InChI is InChI=1S/C14H18ClNO2/c1-14(2)11-6-5-10(18-8-4-3-7-15)9-12(11)16-13(14)17/h5-6,9H,3-4,7-8H2,1-2H3,(H,16,17). The number of alkyl halides is 1. The smallest absolute Gasteiger partial charge is 0.234 e. The van der Waals surface area contributed by atoms with Crippen molar-refractivity contribution in [3.8, 4) is 5.75 Å². The van der Waals surface area contributed by atoms with Gasteiger partial charge in [0.15, 0.2) is 0 Å². The lowest BCUT2D eigenvalue weighted by atomic mass is 9.86. The number of hydrogen-bond acceptors (Lipinski definition) is 2. The van der Waals surface area contributed by atoms with Crippen molar-refractivity contribution in [1.82, 2.24) is 0 Å². The van der Waals surface area contributed by atoms with Crippen LogP contribution in [0.4, 0.5) is 5.69 Å². The summed E-state index contributed by atoms with van der Waals surface area (Å²) in [7, 11) is 0. The van der Waals surface area contributed by atoms with Crippen LogP contribution in [0.2, 0.25) is 0 Å². The quantitative estimate of drug-likeness (QED) is 0.657. The highest BCUT2D eigenvalue weighted by atomic mass is 35.5. The van der Waals surface area contributed by atoms with Gasteiger partial charge >= 0.3 is 0 Å². The number of nitrogens with one attached hydrogen (secondary N) is 1. The Morgan fingerprint density at radius 1 is 1.33 bits per heavy atom. The van der Waals surface area contributed by atoms with E-state index in [1.807, 2.05) is 32.0 Å². The molecule has 0 bridgehead atoms. The molecular formula is C14H18ClNO2. The fraction of sp³-hybridized carbons (Fsp3) is 0.500. The van der Waals surface area contributed by atoms with Crippen LogP contribution >= 0.6 is 11.6 Å². The third-order valence-electron chi connectivity index (χ3n) is 3.28. The maximum absolute atomic E-state index is 11.8. The summed E-state index contributed by atoms with van der Waals surface area (Å²) in [4.78, 5) is 11.8. The molecule has 1 aromatic rings. The minimum absolute atomic E-state index is 0.0387. The van der Waals surface area contributed by atoms with Crippen LogP contribution in [0.15, 0.2) is 18.2 Å². The molecule has 0 aliphatic carbocycles. The van der Waals surface area contributed by atoms with Crippen molar-refractivity contribution >= 4 is 23.2 Å². The van der Waals surface area contributed by atoms with Crippen LogP contribution in [0.3, 0.4) is 0 Å². The molecule has 4 heteroatoms. The average molecular weight is 268 g/mol. The fourth-order valence-corrected chi connectivity index (χ4v) is 2.24. The van der Waals surface area contributed by atoms with E-state index in [-0.39, 0.29) is 5.91 Å². The Morgan fingerprint density at radius 2 is 2.11 bits per heavy atom. The molecule has 3 nitrogen and oxygen atoms in total. The first-order valence-electron chi connectivity index (χ1n) is 6.20. The summed E-state index contributed by atoms with van der Waals surface area (Å²) in [6.45, 7) is 4.51. The molecule has 0 atom stereocenters. The molecule has 0 saturated heterocycles. The number of halogens is 1. The van der Waals surface area contributed by atoms with Crippen LogP contribution < -0.4 is 10.1 Å². The van der Waals surface area contributed by atoms with E-state index in [0.29, 0.717) is 12.5 Å². The van der Waals surface area contributed by atoms with E-state index in [0.717, 1.165) is 29.8 Å². The van der Waals surface area contributed by atoms with Crippen LogP contribution in [0.25, 0.3) is 0 Å². The highest BCUT2D eigenvalue weighted by Gasteiger charge is 2.38. The summed E-state index contributed by atoms with van der Waals surface area (Å²) >= 11 is 5.60. The first-order chi connectivity index (χ1) is 8.55. The summed E-state index contributed by atoms with van der Waals surface area (Å²) in [5, 5.41) is 2.89. The molecule has 1 N–H and O–H groups in total. The van der Waals surface area contributed by atoms with Gasteiger partial charge in [0.1, 0.15) is 5.75 Å². The highest BCUT2D eigenvalue weighted by molar-refractivity contribution is 6.17. The van der Waals surface area contributed by atoms with E-state index >= 15 is 0 Å². The molecule has 1 amide bonds. The van der Waals surface area contributed by atoms with Crippen LogP contribution in [-0.4, -0.2) is 18.4 Å². The minimum atomic E-state index is -0.452. The van der Waals surface area contributed by atoms with E-state index < -0.39 is 5.41 Å².